The summed E-state index contributed by atoms with van der Waals surface area (Å²) in [5.74, 6) is 0.531. The molecule has 1 nitrogen and oxygen atoms in total. The number of benzene rings is 3. The molecule has 0 radical (unpaired) electrons. The second kappa shape index (κ2) is 7.78. The van der Waals surface area contributed by atoms with Gasteiger partial charge in [0, 0.05) is 17.1 Å². The van der Waals surface area contributed by atoms with E-state index in [4.69, 9.17) is 0 Å². The van der Waals surface area contributed by atoms with Gasteiger partial charge in [-0.1, -0.05) is 82.6 Å². The topological polar surface area (TPSA) is 3.24 Å². The monoisotopic (exact) mass is 343 g/mol. The fourth-order valence-corrected chi connectivity index (χ4v) is 3.27. The van der Waals surface area contributed by atoms with E-state index in [0.717, 1.165) is 0 Å². The van der Waals surface area contributed by atoms with E-state index in [1.54, 1.807) is 0 Å². The summed E-state index contributed by atoms with van der Waals surface area (Å²) in [5.41, 5.74) is 5.25. The summed E-state index contributed by atoms with van der Waals surface area (Å²) in [4.78, 5) is 2.30. The molecule has 0 aliphatic carbocycles. The average Bonchev–Trinajstić information content (AvgIpc) is 2.70. The second-order valence-electron chi connectivity index (χ2n) is 7.66. The van der Waals surface area contributed by atoms with Crippen LogP contribution in [0.5, 0.6) is 0 Å². The van der Waals surface area contributed by atoms with E-state index in [1.165, 1.54) is 29.0 Å². The fourth-order valence-electron chi connectivity index (χ4n) is 3.27. The zero-order chi connectivity index (χ0) is 18.6. The summed E-state index contributed by atoms with van der Waals surface area (Å²) >= 11 is 0. The van der Waals surface area contributed by atoms with E-state index in [0.29, 0.717) is 11.3 Å². The van der Waals surface area contributed by atoms with Gasteiger partial charge in [-0.25, -0.2) is 0 Å². The molecule has 0 bridgehead atoms. The quantitative estimate of drug-likeness (QED) is 0.443. The van der Waals surface area contributed by atoms with E-state index in [1.807, 2.05) is 0 Å². The van der Waals surface area contributed by atoms with Gasteiger partial charge in [0.2, 0.25) is 0 Å². The molecule has 0 saturated heterocycles. The molecule has 3 aromatic rings. The maximum atomic E-state index is 2.35. The molecular weight excluding hydrogens is 314 g/mol. The Morgan fingerprint density at radius 3 is 1.54 bits per heavy atom. The van der Waals surface area contributed by atoms with Crippen molar-refractivity contribution in [3.8, 4) is 0 Å². The van der Waals surface area contributed by atoms with Crippen LogP contribution in [-0.2, 0) is 0 Å². The first-order chi connectivity index (χ1) is 12.5. The lowest BCUT2D eigenvalue weighted by molar-refractivity contribution is 0.289. The second-order valence-corrected chi connectivity index (χ2v) is 7.66. The van der Waals surface area contributed by atoms with Gasteiger partial charge in [0.25, 0.3) is 0 Å². The van der Waals surface area contributed by atoms with E-state index in [-0.39, 0.29) is 0 Å². The summed E-state index contributed by atoms with van der Waals surface area (Å²) in [5, 5.41) is 0. The summed E-state index contributed by atoms with van der Waals surface area (Å²) in [6, 6.07) is 30.2. The summed E-state index contributed by atoms with van der Waals surface area (Å²) in [6.45, 7) is 9.32. The Hall–Kier alpha value is -2.54. The standard InChI is InChI=1S/C25H29N/c1-5-25(3,4)20(2)21-16-18-24(19-17-21)26(22-12-8-6-9-13-22)23-14-10-7-11-15-23/h6-20H,5H2,1-4H3. The van der Waals surface area contributed by atoms with Crippen molar-refractivity contribution in [3.63, 3.8) is 0 Å². The summed E-state index contributed by atoms with van der Waals surface area (Å²) < 4.78 is 0. The molecular formula is C25H29N. The van der Waals surface area contributed by atoms with Crippen molar-refractivity contribution in [1.29, 1.82) is 0 Å². The average molecular weight is 344 g/mol. The molecule has 1 unspecified atom stereocenters. The number of anilines is 3. The van der Waals surface area contributed by atoms with Crippen molar-refractivity contribution in [2.75, 3.05) is 4.90 Å². The highest BCUT2D eigenvalue weighted by Crippen LogP contribution is 2.39. The normalized spacial score (nSPS) is 12.6. The maximum absolute atomic E-state index is 2.35. The van der Waals surface area contributed by atoms with Gasteiger partial charge in [-0.05, 0) is 53.3 Å². The van der Waals surface area contributed by atoms with Crippen LogP contribution in [0.3, 0.4) is 0 Å². The van der Waals surface area contributed by atoms with E-state index >= 15 is 0 Å². The molecule has 0 heterocycles. The Bertz CT molecular complexity index is 764. The summed E-state index contributed by atoms with van der Waals surface area (Å²) in [7, 11) is 0. The highest BCUT2D eigenvalue weighted by Gasteiger charge is 2.25. The smallest absolute Gasteiger partial charge is 0.0461 e. The van der Waals surface area contributed by atoms with Gasteiger partial charge >= 0.3 is 0 Å². The molecule has 1 heteroatoms. The molecule has 0 amide bonds. The zero-order valence-corrected chi connectivity index (χ0v) is 16.3. The minimum atomic E-state index is 0.306. The number of hydrogen-bond acceptors (Lipinski definition) is 1. The van der Waals surface area contributed by atoms with Crippen LogP contribution in [0.4, 0.5) is 17.1 Å². The lowest BCUT2D eigenvalue weighted by Gasteiger charge is -2.31. The van der Waals surface area contributed by atoms with Gasteiger partial charge in [-0.3, -0.25) is 0 Å². The molecule has 0 aliphatic rings. The first-order valence-electron chi connectivity index (χ1n) is 9.53. The Morgan fingerprint density at radius 2 is 1.12 bits per heavy atom. The molecule has 134 valence electrons. The largest absolute Gasteiger partial charge is 0.311 e. The first kappa shape index (κ1) is 18.3. The van der Waals surface area contributed by atoms with Crippen LogP contribution in [-0.4, -0.2) is 0 Å². The van der Waals surface area contributed by atoms with Gasteiger partial charge in [0.05, 0.1) is 0 Å². The molecule has 0 fully saturated rings. The molecule has 0 N–H and O–H groups in total. The van der Waals surface area contributed by atoms with Crippen molar-refractivity contribution in [1.82, 2.24) is 0 Å². The van der Waals surface area contributed by atoms with E-state index in [2.05, 4.69) is 118 Å². The van der Waals surface area contributed by atoms with Crippen molar-refractivity contribution in [2.24, 2.45) is 5.41 Å². The number of hydrogen-bond donors (Lipinski definition) is 0. The number of para-hydroxylation sites is 2. The number of rotatable bonds is 6. The minimum absolute atomic E-state index is 0.306. The van der Waals surface area contributed by atoms with Crippen molar-refractivity contribution >= 4 is 17.1 Å². The van der Waals surface area contributed by atoms with E-state index < -0.39 is 0 Å². The first-order valence-corrected chi connectivity index (χ1v) is 9.53. The SMILES string of the molecule is CCC(C)(C)C(C)c1ccc(N(c2ccccc2)c2ccccc2)cc1. The van der Waals surface area contributed by atoms with Crippen molar-refractivity contribution in [3.05, 3.63) is 90.5 Å². The van der Waals surface area contributed by atoms with Crippen LogP contribution in [0.1, 0.15) is 45.6 Å². The Morgan fingerprint density at radius 1 is 0.692 bits per heavy atom. The predicted octanol–water partition coefficient (Wildman–Crippen LogP) is 7.70. The van der Waals surface area contributed by atoms with Gasteiger partial charge < -0.3 is 4.90 Å². The Kier molecular flexibility index (Phi) is 5.46. The molecule has 0 aromatic heterocycles. The highest BCUT2D eigenvalue weighted by atomic mass is 15.1. The summed E-state index contributed by atoms with van der Waals surface area (Å²) in [6.07, 6.45) is 1.18. The van der Waals surface area contributed by atoms with Crippen molar-refractivity contribution in [2.45, 2.75) is 40.0 Å². The zero-order valence-electron chi connectivity index (χ0n) is 16.3. The van der Waals surface area contributed by atoms with Gasteiger partial charge in [-0.2, -0.15) is 0 Å². The highest BCUT2D eigenvalue weighted by molar-refractivity contribution is 5.76. The van der Waals surface area contributed by atoms with Crippen LogP contribution in [0.15, 0.2) is 84.9 Å². The van der Waals surface area contributed by atoms with Crippen LogP contribution in [0.2, 0.25) is 0 Å². The van der Waals surface area contributed by atoms with E-state index in [9.17, 15) is 0 Å². The minimum Gasteiger partial charge on any atom is -0.311 e. The third kappa shape index (κ3) is 3.83. The van der Waals surface area contributed by atoms with Crippen LogP contribution in [0.25, 0.3) is 0 Å². The third-order valence-electron chi connectivity index (χ3n) is 5.76. The van der Waals surface area contributed by atoms with Crippen molar-refractivity contribution < 1.29 is 0 Å². The van der Waals surface area contributed by atoms with Gasteiger partial charge in [0.1, 0.15) is 0 Å². The van der Waals surface area contributed by atoms with Gasteiger partial charge in [-0.15, -0.1) is 0 Å². The van der Waals surface area contributed by atoms with Crippen LogP contribution < -0.4 is 4.90 Å². The number of nitrogens with zero attached hydrogens (tertiary/aromatic N) is 1. The van der Waals surface area contributed by atoms with Crippen LogP contribution in [0, 0.1) is 5.41 Å². The molecule has 26 heavy (non-hydrogen) atoms. The molecule has 0 saturated carbocycles. The lowest BCUT2D eigenvalue weighted by atomic mass is 9.74. The molecule has 3 aromatic carbocycles. The Balaban J connectivity index is 1.98. The Labute approximate surface area is 158 Å². The van der Waals surface area contributed by atoms with Gasteiger partial charge in [0.15, 0.2) is 0 Å². The van der Waals surface area contributed by atoms with Crippen LogP contribution >= 0.6 is 0 Å². The lowest BCUT2D eigenvalue weighted by Crippen LogP contribution is -2.18. The fraction of sp³-hybridized carbons (Fsp3) is 0.280. The predicted molar refractivity (Wildman–Crippen MR) is 114 cm³/mol. The maximum Gasteiger partial charge on any atom is 0.0461 e. The third-order valence-corrected chi connectivity index (χ3v) is 5.76. The molecule has 1 atom stereocenters. The molecule has 0 aliphatic heterocycles. The molecule has 0 spiro atoms. The molecule has 3 rings (SSSR count).